The Labute approximate surface area is 144 Å². The second-order valence-corrected chi connectivity index (χ2v) is 8.10. The highest BCUT2D eigenvalue weighted by atomic mass is 16.1. The van der Waals surface area contributed by atoms with Crippen molar-refractivity contribution in [1.82, 2.24) is 19.6 Å². The van der Waals surface area contributed by atoms with Crippen molar-refractivity contribution >= 4 is 0 Å². The summed E-state index contributed by atoms with van der Waals surface area (Å²) in [4.78, 5) is 17.1. The van der Waals surface area contributed by atoms with Crippen LogP contribution in [0.3, 0.4) is 0 Å². The summed E-state index contributed by atoms with van der Waals surface area (Å²) in [5, 5.41) is 4.59. The van der Waals surface area contributed by atoms with Gasteiger partial charge in [0.05, 0.1) is 12.2 Å². The summed E-state index contributed by atoms with van der Waals surface area (Å²) in [7, 11) is 2.27. The number of likely N-dealkylation sites (tertiary alicyclic amines) is 2. The van der Waals surface area contributed by atoms with Crippen molar-refractivity contribution in [3.63, 3.8) is 0 Å². The minimum absolute atomic E-state index is 0.0571. The van der Waals surface area contributed by atoms with Crippen LogP contribution in [0, 0.1) is 5.92 Å². The zero-order valence-corrected chi connectivity index (χ0v) is 14.9. The Morgan fingerprint density at radius 2 is 2.00 bits per heavy atom. The van der Waals surface area contributed by atoms with Crippen LogP contribution in [0.1, 0.15) is 50.1 Å². The van der Waals surface area contributed by atoms with Gasteiger partial charge in [-0.15, -0.1) is 0 Å². The van der Waals surface area contributed by atoms with E-state index >= 15 is 0 Å². The summed E-state index contributed by atoms with van der Waals surface area (Å²) in [6.45, 7) is 5.50. The second kappa shape index (κ2) is 6.96. The zero-order valence-electron chi connectivity index (χ0n) is 14.9. The molecule has 1 atom stereocenters. The molecule has 1 aliphatic carbocycles. The summed E-state index contributed by atoms with van der Waals surface area (Å²) in [5.41, 5.74) is 1.17. The maximum absolute atomic E-state index is 12.0. The molecule has 3 fully saturated rings. The number of aromatic nitrogens is 2. The average Bonchev–Trinajstić information content (AvgIpc) is 3.37. The van der Waals surface area contributed by atoms with Crippen molar-refractivity contribution in [3.05, 3.63) is 28.2 Å². The number of hydrogen-bond donors (Lipinski definition) is 0. The van der Waals surface area contributed by atoms with E-state index in [0.717, 1.165) is 31.4 Å². The molecule has 0 spiro atoms. The lowest BCUT2D eigenvalue weighted by Crippen LogP contribution is -2.51. The fourth-order valence-corrected chi connectivity index (χ4v) is 4.25. The first-order valence-corrected chi connectivity index (χ1v) is 9.69. The molecule has 5 nitrogen and oxygen atoms in total. The Kier molecular flexibility index (Phi) is 4.72. The van der Waals surface area contributed by atoms with E-state index in [1.165, 1.54) is 51.6 Å². The molecule has 5 heteroatoms. The highest BCUT2D eigenvalue weighted by molar-refractivity contribution is 5.12. The van der Waals surface area contributed by atoms with Gasteiger partial charge in [-0.25, -0.2) is 4.68 Å². The molecule has 0 amide bonds. The molecule has 0 N–H and O–H groups in total. The van der Waals surface area contributed by atoms with Gasteiger partial charge < -0.3 is 9.80 Å². The molecule has 1 aromatic heterocycles. The molecular weight excluding hydrogens is 300 g/mol. The lowest BCUT2D eigenvalue weighted by molar-refractivity contribution is 0.0672. The molecule has 1 saturated carbocycles. The first-order valence-electron chi connectivity index (χ1n) is 9.69. The minimum Gasteiger partial charge on any atom is -0.303 e. The number of piperidine rings is 1. The fourth-order valence-electron chi connectivity index (χ4n) is 4.25. The Balaban J connectivity index is 1.23. The van der Waals surface area contributed by atoms with Crippen LogP contribution in [0.25, 0.3) is 0 Å². The van der Waals surface area contributed by atoms with Gasteiger partial charge in [0.15, 0.2) is 0 Å². The third kappa shape index (κ3) is 3.72. The molecule has 0 bridgehead atoms. The van der Waals surface area contributed by atoms with Gasteiger partial charge in [-0.1, -0.05) is 6.42 Å². The van der Waals surface area contributed by atoms with Crippen LogP contribution in [0.2, 0.25) is 0 Å². The van der Waals surface area contributed by atoms with Gasteiger partial charge in [0.2, 0.25) is 0 Å². The van der Waals surface area contributed by atoms with Crippen LogP contribution >= 0.6 is 0 Å². The lowest BCUT2D eigenvalue weighted by Gasteiger charge is -2.41. The van der Waals surface area contributed by atoms with Crippen LogP contribution in [0.5, 0.6) is 0 Å². The van der Waals surface area contributed by atoms with Gasteiger partial charge in [0, 0.05) is 37.0 Å². The lowest BCUT2D eigenvalue weighted by atomic mass is 9.96. The molecule has 1 unspecified atom stereocenters. The van der Waals surface area contributed by atoms with Crippen molar-refractivity contribution in [2.45, 2.75) is 57.0 Å². The maximum atomic E-state index is 12.0. The standard InChI is InChI=1S/C19H30N4O/c1-21-10-3-2-4-17(21)9-11-22-12-15(13-22)14-23-19(24)8-7-18(20-23)16-5-6-16/h7-8,15-17H,2-6,9-14H2,1H3. The number of hydrogen-bond acceptors (Lipinski definition) is 4. The van der Waals surface area contributed by atoms with E-state index in [4.69, 9.17) is 0 Å². The second-order valence-electron chi connectivity index (χ2n) is 8.10. The number of nitrogens with zero attached hydrogens (tertiary/aromatic N) is 4. The van der Waals surface area contributed by atoms with Crippen LogP contribution in [0.15, 0.2) is 16.9 Å². The molecule has 132 valence electrons. The summed E-state index contributed by atoms with van der Waals surface area (Å²) >= 11 is 0. The SMILES string of the molecule is CN1CCCCC1CCN1CC(Cn2nc(C3CC3)ccc2=O)C1. The van der Waals surface area contributed by atoms with Gasteiger partial charge in [0.1, 0.15) is 0 Å². The van der Waals surface area contributed by atoms with Crippen LogP contribution in [-0.2, 0) is 6.54 Å². The van der Waals surface area contributed by atoms with E-state index in [0.29, 0.717) is 11.8 Å². The third-order valence-corrected chi connectivity index (χ3v) is 6.05. The molecule has 0 aromatic carbocycles. The van der Waals surface area contributed by atoms with E-state index in [2.05, 4.69) is 21.9 Å². The summed E-state index contributed by atoms with van der Waals surface area (Å²) < 4.78 is 1.71. The highest BCUT2D eigenvalue weighted by Gasteiger charge is 2.30. The Morgan fingerprint density at radius 3 is 2.75 bits per heavy atom. The van der Waals surface area contributed by atoms with Gasteiger partial charge in [0.25, 0.3) is 5.56 Å². The van der Waals surface area contributed by atoms with Crippen LogP contribution < -0.4 is 5.56 Å². The van der Waals surface area contributed by atoms with E-state index in [9.17, 15) is 4.79 Å². The fraction of sp³-hybridized carbons (Fsp3) is 0.789. The van der Waals surface area contributed by atoms with E-state index in [1.54, 1.807) is 10.7 Å². The van der Waals surface area contributed by atoms with Gasteiger partial charge in [-0.05, 0) is 58.3 Å². The Hall–Kier alpha value is -1.20. The monoisotopic (exact) mass is 330 g/mol. The number of rotatable bonds is 6. The Morgan fingerprint density at radius 1 is 1.17 bits per heavy atom. The van der Waals surface area contributed by atoms with Crippen LogP contribution in [-0.4, -0.2) is 58.8 Å². The smallest absolute Gasteiger partial charge is 0.266 e. The molecule has 3 aliphatic rings. The molecule has 2 saturated heterocycles. The topological polar surface area (TPSA) is 41.4 Å². The predicted molar refractivity (Wildman–Crippen MR) is 95.3 cm³/mol. The predicted octanol–water partition coefficient (Wildman–Crippen LogP) is 1.93. The van der Waals surface area contributed by atoms with E-state index in [-0.39, 0.29) is 5.56 Å². The van der Waals surface area contributed by atoms with Crippen molar-refractivity contribution in [1.29, 1.82) is 0 Å². The largest absolute Gasteiger partial charge is 0.303 e. The van der Waals surface area contributed by atoms with Gasteiger partial charge in [-0.3, -0.25) is 4.79 Å². The van der Waals surface area contributed by atoms with Crippen LogP contribution in [0.4, 0.5) is 0 Å². The molecule has 2 aliphatic heterocycles. The van der Waals surface area contributed by atoms with Crippen molar-refractivity contribution in [2.24, 2.45) is 5.92 Å². The summed E-state index contributed by atoms with van der Waals surface area (Å²) in [6.07, 6.45) is 7.87. The van der Waals surface area contributed by atoms with Crippen molar-refractivity contribution in [3.8, 4) is 0 Å². The Bertz CT molecular complexity index is 618. The van der Waals surface area contributed by atoms with E-state index < -0.39 is 0 Å². The van der Waals surface area contributed by atoms with Crippen molar-refractivity contribution in [2.75, 3.05) is 33.2 Å². The summed E-state index contributed by atoms with van der Waals surface area (Å²) in [6, 6.07) is 4.40. The summed E-state index contributed by atoms with van der Waals surface area (Å²) in [5.74, 6) is 1.20. The third-order valence-electron chi connectivity index (χ3n) is 6.05. The highest BCUT2D eigenvalue weighted by Crippen LogP contribution is 2.38. The molecule has 24 heavy (non-hydrogen) atoms. The minimum atomic E-state index is 0.0571. The average molecular weight is 330 g/mol. The first-order chi connectivity index (χ1) is 11.7. The molecular formula is C19H30N4O. The normalized spacial score (nSPS) is 26.5. The quantitative estimate of drug-likeness (QED) is 0.799. The molecule has 4 rings (SSSR count). The van der Waals surface area contributed by atoms with Crippen molar-refractivity contribution < 1.29 is 0 Å². The van der Waals surface area contributed by atoms with Gasteiger partial charge in [-0.2, -0.15) is 5.10 Å². The maximum Gasteiger partial charge on any atom is 0.266 e. The van der Waals surface area contributed by atoms with Gasteiger partial charge >= 0.3 is 0 Å². The molecule has 3 heterocycles. The molecule has 1 aromatic rings. The first kappa shape index (κ1) is 16.3. The molecule has 0 radical (unpaired) electrons. The van der Waals surface area contributed by atoms with E-state index in [1.807, 2.05) is 6.07 Å². The zero-order chi connectivity index (χ0) is 16.5.